The van der Waals surface area contributed by atoms with Gasteiger partial charge in [0, 0.05) is 18.0 Å². The van der Waals surface area contributed by atoms with Gasteiger partial charge >= 0.3 is 6.18 Å². The largest absolute Gasteiger partial charge is 0.416 e. The highest BCUT2D eigenvalue weighted by atomic mass is 19.4. The SMILES string of the molecule is C=C1C[C@H]2[C@@H]3CC[C@@H](C(=O)Nc4ccc(C(F)(F)F)cc4)[C@@]3(C)CC[C@@H]2[C@@]2(C)CCC(=O)C=C12. The average molecular weight is 472 g/mol. The monoisotopic (exact) mass is 471 g/mol. The molecule has 0 aromatic heterocycles. The van der Waals surface area contributed by atoms with Crippen LogP contribution in [0.15, 0.2) is 48.1 Å². The molecule has 0 heterocycles. The zero-order chi connectivity index (χ0) is 24.5. The van der Waals surface area contributed by atoms with Crippen molar-refractivity contribution in [3.8, 4) is 0 Å². The molecule has 1 N–H and O–H groups in total. The Kier molecular flexibility index (Phi) is 5.38. The van der Waals surface area contributed by atoms with E-state index >= 15 is 0 Å². The van der Waals surface area contributed by atoms with Crippen molar-refractivity contribution >= 4 is 17.4 Å². The summed E-state index contributed by atoms with van der Waals surface area (Å²) in [5.41, 5.74) is 1.76. The molecule has 0 aliphatic heterocycles. The predicted molar refractivity (Wildman–Crippen MR) is 125 cm³/mol. The van der Waals surface area contributed by atoms with Gasteiger partial charge in [-0.25, -0.2) is 0 Å². The van der Waals surface area contributed by atoms with Crippen molar-refractivity contribution in [2.24, 2.45) is 34.5 Å². The highest BCUT2D eigenvalue weighted by Gasteiger charge is 2.60. The second kappa shape index (κ2) is 7.82. The van der Waals surface area contributed by atoms with Crippen LogP contribution in [0.5, 0.6) is 0 Å². The zero-order valence-corrected chi connectivity index (χ0v) is 19.8. The lowest BCUT2D eigenvalue weighted by Crippen LogP contribution is -2.51. The number of allylic oxidation sites excluding steroid dienone is 2. The maximum Gasteiger partial charge on any atom is 0.416 e. The number of alkyl halides is 3. The van der Waals surface area contributed by atoms with Gasteiger partial charge in [0.15, 0.2) is 5.78 Å². The van der Waals surface area contributed by atoms with E-state index in [0.717, 1.165) is 61.8 Å². The number of hydrogen-bond acceptors (Lipinski definition) is 2. The van der Waals surface area contributed by atoms with Crippen molar-refractivity contribution in [3.05, 3.63) is 53.6 Å². The standard InChI is InChI=1S/C28H32F3NO2/c1-16-14-20-21-8-9-23(25(34)32-18-6-4-17(5-7-18)28(29,30)31)26(21,2)13-11-22(20)27(3)12-10-19(33)15-24(16)27/h4-7,15,20-23H,1,8-14H2,2-3H3,(H,32,34)/t20-,21-,22-,23-,26-,27+/m0/s1. The van der Waals surface area contributed by atoms with Crippen LogP contribution in [0.4, 0.5) is 18.9 Å². The van der Waals surface area contributed by atoms with Gasteiger partial charge in [-0.05, 0) is 103 Å². The predicted octanol–water partition coefficient (Wildman–Crippen LogP) is 6.96. The molecule has 0 bridgehead atoms. The maximum absolute atomic E-state index is 13.3. The summed E-state index contributed by atoms with van der Waals surface area (Å²) in [4.78, 5) is 25.4. The second-order valence-corrected chi connectivity index (χ2v) is 11.4. The molecule has 1 amide bonds. The second-order valence-electron chi connectivity index (χ2n) is 11.4. The average Bonchev–Trinajstić information content (AvgIpc) is 3.12. The van der Waals surface area contributed by atoms with Crippen molar-refractivity contribution in [1.29, 1.82) is 0 Å². The van der Waals surface area contributed by atoms with Crippen LogP contribution in [0.1, 0.15) is 64.4 Å². The molecular formula is C28H32F3NO2. The van der Waals surface area contributed by atoms with E-state index in [1.165, 1.54) is 12.1 Å². The highest BCUT2D eigenvalue weighted by molar-refractivity contribution is 5.93. The number of benzene rings is 1. The Hall–Kier alpha value is -2.37. The highest BCUT2D eigenvalue weighted by Crippen LogP contribution is 2.67. The van der Waals surface area contributed by atoms with Gasteiger partial charge in [-0.1, -0.05) is 26.0 Å². The minimum Gasteiger partial charge on any atom is -0.326 e. The molecule has 3 fully saturated rings. The summed E-state index contributed by atoms with van der Waals surface area (Å²) < 4.78 is 38.6. The van der Waals surface area contributed by atoms with Crippen molar-refractivity contribution in [1.82, 2.24) is 0 Å². The minimum absolute atomic E-state index is 0.0180. The molecule has 0 radical (unpaired) electrons. The number of rotatable bonds is 2. The lowest BCUT2D eigenvalue weighted by molar-refractivity contribution is -0.137. The fourth-order valence-electron chi connectivity index (χ4n) is 7.97. The van der Waals surface area contributed by atoms with Gasteiger partial charge in [0.05, 0.1) is 5.56 Å². The number of fused-ring (bicyclic) bond motifs is 5. The van der Waals surface area contributed by atoms with Gasteiger partial charge in [-0.3, -0.25) is 9.59 Å². The Morgan fingerprint density at radius 1 is 1.06 bits per heavy atom. The van der Waals surface area contributed by atoms with Gasteiger partial charge in [0.1, 0.15) is 0 Å². The first-order valence-corrected chi connectivity index (χ1v) is 12.3. The van der Waals surface area contributed by atoms with Crippen LogP contribution >= 0.6 is 0 Å². The Morgan fingerprint density at radius 2 is 1.76 bits per heavy atom. The summed E-state index contributed by atoms with van der Waals surface area (Å²) in [5, 5.41) is 2.89. The molecule has 6 heteroatoms. The number of amides is 1. The van der Waals surface area contributed by atoms with Crippen molar-refractivity contribution < 1.29 is 22.8 Å². The molecule has 4 aliphatic rings. The first-order chi connectivity index (χ1) is 15.9. The Balaban J connectivity index is 1.35. The number of carbonyl (C=O) groups is 2. The first-order valence-electron chi connectivity index (χ1n) is 12.3. The van der Waals surface area contributed by atoms with Crippen LogP contribution in [-0.2, 0) is 15.8 Å². The third kappa shape index (κ3) is 3.56. The fourth-order valence-corrected chi connectivity index (χ4v) is 7.97. The van der Waals surface area contributed by atoms with Gasteiger partial charge in [0.25, 0.3) is 0 Å². The molecule has 1 aromatic carbocycles. The number of nitrogens with one attached hydrogen (secondary N) is 1. The molecule has 182 valence electrons. The molecular weight excluding hydrogens is 439 g/mol. The van der Waals surface area contributed by atoms with E-state index in [1.807, 2.05) is 6.08 Å². The summed E-state index contributed by atoms with van der Waals surface area (Å²) in [6, 6.07) is 4.68. The van der Waals surface area contributed by atoms with Crippen LogP contribution in [0.25, 0.3) is 0 Å². The Morgan fingerprint density at radius 3 is 2.44 bits per heavy atom. The molecule has 5 rings (SSSR count). The fraction of sp³-hybridized carbons (Fsp3) is 0.571. The maximum atomic E-state index is 13.3. The molecule has 0 spiro atoms. The third-order valence-electron chi connectivity index (χ3n) is 9.73. The van der Waals surface area contributed by atoms with E-state index in [0.29, 0.717) is 29.9 Å². The van der Waals surface area contributed by atoms with E-state index in [1.54, 1.807) is 0 Å². The summed E-state index contributed by atoms with van der Waals surface area (Å²) in [6.07, 6.45) is 3.54. The van der Waals surface area contributed by atoms with E-state index in [9.17, 15) is 22.8 Å². The number of halogens is 3. The van der Waals surface area contributed by atoms with Crippen LogP contribution in [0.2, 0.25) is 0 Å². The number of ketones is 1. The molecule has 3 saturated carbocycles. The van der Waals surface area contributed by atoms with E-state index in [-0.39, 0.29) is 28.4 Å². The van der Waals surface area contributed by atoms with Crippen LogP contribution in [0.3, 0.4) is 0 Å². The van der Waals surface area contributed by atoms with Crippen LogP contribution < -0.4 is 5.32 Å². The number of hydrogen-bond donors (Lipinski definition) is 1. The normalized spacial score (nSPS) is 37.4. The van der Waals surface area contributed by atoms with Gasteiger partial charge < -0.3 is 5.32 Å². The van der Waals surface area contributed by atoms with E-state index in [4.69, 9.17) is 0 Å². The summed E-state index contributed by atoms with van der Waals surface area (Å²) in [6.45, 7) is 8.90. The van der Waals surface area contributed by atoms with E-state index in [2.05, 4.69) is 25.7 Å². The van der Waals surface area contributed by atoms with Crippen molar-refractivity contribution in [3.63, 3.8) is 0 Å². The quantitative estimate of drug-likeness (QED) is 0.507. The molecule has 3 nitrogen and oxygen atoms in total. The lowest BCUT2D eigenvalue weighted by Gasteiger charge is -2.58. The van der Waals surface area contributed by atoms with Crippen LogP contribution in [0, 0.1) is 34.5 Å². The van der Waals surface area contributed by atoms with Crippen molar-refractivity contribution in [2.45, 2.75) is 65.0 Å². The van der Waals surface area contributed by atoms with Crippen LogP contribution in [-0.4, -0.2) is 11.7 Å². The number of carbonyl (C=O) groups excluding carboxylic acids is 2. The summed E-state index contributed by atoms with van der Waals surface area (Å²) in [7, 11) is 0. The molecule has 4 aliphatic carbocycles. The van der Waals surface area contributed by atoms with Gasteiger partial charge in [0.2, 0.25) is 5.91 Å². The van der Waals surface area contributed by atoms with Gasteiger partial charge in [-0.2, -0.15) is 13.2 Å². The lowest BCUT2D eigenvalue weighted by atomic mass is 9.46. The van der Waals surface area contributed by atoms with Gasteiger partial charge in [-0.15, -0.1) is 0 Å². The molecule has 0 saturated heterocycles. The Labute approximate surface area is 198 Å². The third-order valence-corrected chi connectivity index (χ3v) is 9.73. The Bertz CT molecular complexity index is 1070. The van der Waals surface area contributed by atoms with Crippen molar-refractivity contribution in [2.75, 3.05) is 5.32 Å². The minimum atomic E-state index is -4.39. The molecule has 34 heavy (non-hydrogen) atoms. The first kappa shape index (κ1) is 23.4. The molecule has 1 aromatic rings. The summed E-state index contributed by atoms with van der Waals surface area (Å²) >= 11 is 0. The summed E-state index contributed by atoms with van der Waals surface area (Å²) in [5.74, 6) is 1.30. The number of anilines is 1. The topological polar surface area (TPSA) is 46.2 Å². The zero-order valence-electron chi connectivity index (χ0n) is 19.8. The molecule has 6 atom stereocenters. The van der Waals surface area contributed by atoms with E-state index < -0.39 is 11.7 Å². The smallest absolute Gasteiger partial charge is 0.326 e. The molecule has 0 unspecified atom stereocenters.